The number of aryl methyl sites for hydroxylation is 2. The van der Waals surface area contributed by atoms with Gasteiger partial charge in [0.25, 0.3) is 5.56 Å². The molecule has 0 spiro atoms. The molecule has 0 fully saturated rings. The Bertz CT molecular complexity index is 971. The summed E-state index contributed by atoms with van der Waals surface area (Å²) < 4.78 is 7.10. The second kappa shape index (κ2) is 6.92. The minimum absolute atomic E-state index is 0.0254. The summed E-state index contributed by atoms with van der Waals surface area (Å²) in [6.45, 7) is 12.6. The van der Waals surface area contributed by atoms with E-state index in [1.165, 1.54) is 11.8 Å². The number of hydrogen-bond acceptors (Lipinski definition) is 7. The van der Waals surface area contributed by atoms with Crippen LogP contribution in [0.25, 0.3) is 10.2 Å². The number of thioether (sulfide) groups is 1. The van der Waals surface area contributed by atoms with Crippen LogP contribution in [0, 0.1) is 13.8 Å². The summed E-state index contributed by atoms with van der Waals surface area (Å²) in [5.74, 6) is 1.47. The molecule has 1 unspecified atom stereocenters. The quantitative estimate of drug-likeness (QED) is 0.482. The summed E-state index contributed by atoms with van der Waals surface area (Å²) >= 11 is 3.05. The average Bonchev–Trinajstić information content (AvgIpc) is 3.14. The Kier molecular flexibility index (Phi) is 5.02. The monoisotopic (exact) mass is 378 g/mol. The van der Waals surface area contributed by atoms with Gasteiger partial charge < -0.3 is 4.52 Å². The van der Waals surface area contributed by atoms with Crippen molar-refractivity contribution in [3.05, 3.63) is 32.5 Å². The number of thiophene rings is 1. The number of hydrogen-bond donors (Lipinski definition) is 0. The second-order valence-corrected chi connectivity index (χ2v) is 8.82. The molecule has 0 aliphatic carbocycles. The summed E-state index contributed by atoms with van der Waals surface area (Å²) in [5, 5.41) is 5.37. The molecular formula is C17H22N4O2S2. The van der Waals surface area contributed by atoms with E-state index in [9.17, 15) is 4.79 Å². The van der Waals surface area contributed by atoms with Gasteiger partial charge >= 0.3 is 0 Å². The average molecular weight is 379 g/mol. The van der Waals surface area contributed by atoms with E-state index >= 15 is 0 Å². The van der Waals surface area contributed by atoms with Crippen LogP contribution in [-0.2, 0) is 6.54 Å². The Morgan fingerprint density at radius 2 is 1.96 bits per heavy atom. The maximum Gasteiger partial charge on any atom is 0.263 e. The molecule has 8 heteroatoms. The van der Waals surface area contributed by atoms with Gasteiger partial charge in [0.2, 0.25) is 5.89 Å². The van der Waals surface area contributed by atoms with Crippen molar-refractivity contribution in [3.8, 4) is 0 Å². The summed E-state index contributed by atoms with van der Waals surface area (Å²) in [7, 11) is 0. The van der Waals surface area contributed by atoms with Crippen molar-refractivity contribution in [3.63, 3.8) is 0 Å². The minimum Gasteiger partial charge on any atom is -0.338 e. The van der Waals surface area contributed by atoms with Crippen molar-refractivity contribution in [2.45, 2.75) is 64.4 Å². The normalized spacial score (nSPS) is 13.1. The van der Waals surface area contributed by atoms with Crippen molar-refractivity contribution in [2.24, 2.45) is 0 Å². The van der Waals surface area contributed by atoms with Gasteiger partial charge in [-0.2, -0.15) is 4.98 Å². The molecule has 3 aromatic heterocycles. The first-order valence-electron chi connectivity index (χ1n) is 8.34. The van der Waals surface area contributed by atoms with E-state index in [1.807, 2.05) is 41.5 Å². The molecule has 134 valence electrons. The summed E-state index contributed by atoms with van der Waals surface area (Å²) in [6.07, 6.45) is 0. The molecule has 0 radical (unpaired) electrons. The maximum absolute atomic E-state index is 12.9. The van der Waals surface area contributed by atoms with Crippen LogP contribution in [0.1, 0.15) is 61.0 Å². The van der Waals surface area contributed by atoms with Crippen molar-refractivity contribution >= 4 is 33.3 Å². The van der Waals surface area contributed by atoms with Crippen molar-refractivity contribution < 1.29 is 4.52 Å². The number of aromatic nitrogens is 4. The van der Waals surface area contributed by atoms with Gasteiger partial charge in [0.15, 0.2) is 11.0 Å². The fraction of sp³-hybridized carbons (Fsp3) is 0.529. The molecule has 6 nitrogen and oxygen atoms in total. The van der Waals surface area contributed by atoms with Gasteiger partial charge in [-0.1, -0.05) is 30.8 Å². The van der Waals surface area contributed by atoms with Crippen molar-refractivity contribution in [2.75, 3.05) is 0 Å². The highest BCUT2D eigenvalue weighted by atomic mass is 32.2. The highest BCUT2D eigenvalue weighted by Gasteiger charge is 2.22. The largest absolute Gasteiger partial charge is 0.338 e. The van der Waals surface area contributed by atoms with Crippen LogP contribution in [0.2, 0.25) is 0 Å². The van der Waals surface area contributed by atoms with Crippen LogP contribution in [-0.4, -0.2) is 19.7 Å². The highest BCUT2D eigenvalue weighted by Crippen LogP contribution is 2.35. The zero-order chi connectivity index (χ0) is 18.3. The van der Waals surface area contributed by atoms with Crippen LogP contribution in [0.5, 0.6) is 0 Å². The van der Waals surface area contributed by atoms with E-state index in [1.54, 1.807) is 15.9 Å². The van der Waals surface area contributed by atoms with E-state index < -0.39 is 0 Å². The van der Waals surface area contributed by atoms with Gasteiger partial charge in [0.1, 0.15) is 4.83 Å². The van der Waals surface area contributed by atoms with Gasteiger partial charge in [-0.25, -0.2) is 4.98 Å². The smallest absolute Gasteiger partial charge is 0.263 e. The molecule has 0 saturated heterocycles. The van der Waals surface area contributed by atoms with Gasteiger partial charge in [-0.3, -0.25) is 9.36 Å². The summed E-state index contributed by atoms with van der Waals surface area (Å²) in [6, 6.07) is 0. The van der Waals surface area contributed by atoms with Gasteiger partial charge in [-0.05, 0) is 33.3 Å². The predicted octanol–water partition coefficient (Wildman–Crippen LogP) is 4.45. The molecule has 0 N–H and O–H groups in total. The third-order valence-corrected chi connectivity index (χ3v) is 6.35. The van der Waals surface area contributed by atoms with Crippen molar-refractivity contribution in [1.82, 2.24) is 19.7 Å². The summed E-state index contributed by atoms with van der Waals surface area (Å²) in [5.41, 5.74) is 1.06. The SMILES string of the molecule is CCn1c(SC(C)c2nc(C(C)C)no2)nc2sc(C)c(C)c2c1=O. The zero-order valence-corrected chi connectivity index (χ0v) is 16.9. The molecule has 3 aromatic rings. The van der Waals surface area contributed by atoms with Gasteiger partial charge in [-0.15, -0.1) is 11.3 Å². The molecule has 3 rings (SSSR count). The van der Waals surface area contributed by atoms with E-state index in [4.69, 9.17) is 9.51 Å². The Hall–Kier alpha value is -1.67. The van der Waals surface area contributed by atoms with Gasteiger partial charge in [0.05, 0.1) is 10.6 Å². The summed E-state index contributed by atoms with van der Waals surface area (Å²) in [4.78, 5) is 24.0. The van der Waals surface area contributed by atoms with Crippen LogP contribution in [0.4, 0.5) is 0 Å². The van der Waals surface area contributed by atoms with Crippen molar-refractivity contribution in [1.29, 1.82) is 0 Å². The molecule has 3 heterocycles. The van der Waals surface area contributed by atoms with E-state index in [-0.39, 0.29) is 16.7 Å². The van der Waals surface area contributed by atoms with Crippen LogP contribution < -0.4 is 5.56 Å². The third-order valence-electron chi connectivity index (χ3n) is 4.17. The zero-order valence-electron chi connectivity index (χ0n) is 15.3. The molecule has 25 heavy (non-hydrogen) atoms. The highest BCUT2D eigenvalue weighted by molar-refractivity contribution is 7.99. The predicted molar refractivity (Wildman–Crippen MR) is 102 cm³/mol. The molecule has 0 aromatic carbocycles. The number of nitrogens with zero attached hydrogens (tertiary/aromatic N) is 4. The third kappa shape index (κ3) is 3.25. The fourth-order valence-electron chi connectivity index (χ4n) is 2.53. The lowest BCUT2D eigenvalue weighted by Gasteiger charge is -2.12. The number of fused-ring (bicyclic) bond motifs is 1. The standard InChI is InChI=1S/C17H22N4O2S2/c1-7-21-16(22)12-9(4)10(5)24-15(12)19-17(21)25-11(6)14-18-13(8(2)3)20-23-14/h8,11H,7H2,1-6H3. The van der Waals surface area contributed by atoms with E-state index in [2.05, 4.69) is 10.1 Å². The lowest BCUT2D eigenvalue weighted by molar-refractivity contribution is 0.372. The van der Waals surface area contributed by atoms with Crippen LogP contribution in [0.15, 0.2) is 14.5 Å². The molecular weight excluding hydrogens is 356 g/mol. The second-order valence-electron chi connectivity index (χ2n) is 6.31. The van der Waals surface area contributed by atoms with Gasteiger partial charge in [0, 0.05) is 17.3 Å². The van der Waals surface area contributed by atoms with Crippen LogP contribution >= 0.6 is 23.1 Å². The van der Waals surface area contributed by atoms with E-state index in [0.29, 0.717) is 23.4 Å². The molecule has 0 saturated carbocycles. The molecule has 0 aliphatic heterocycles. The lowest BCUT2D eigenvalue weighted by atomic mass is 10.2. The Labute approximate surface area is 154 Å². The first kappa shape index (κ1) is 18.1. The molecule has 1 atom stereocenters. The Morgan fingerprint density at radius 1 is 1.24 bits per heavy atom. The molecule has 0 amide bonds. The number of rotatable bonds is 5. The fourth-order valence-corrected chi connectivity index (χ4v) is 4.61. The topological polar surface area (TPSA) is 73.8 Å². The molecule has 0 bridgehead atoms. The van der Waals surface area contributed by atoms with E-state index in [0.717, 1.165) is 20.7 Å². The lowest BCUT2D eigenvalue weighted by Crippen LogP contribution is -2.22. The Morgan fingerprint density at radius 3 is 2.56 bits per heavy atom. The maximum atomic E-state index is 12.9. The first-order valence-corrected chi connectivity index (χ1v) is 10.0. The molecule has 0 aliphatic rings. The first-order chi connectivity index (χ1) is 11.8. The minimum atomic E-state index is -0.0793. The Balaban J connectivity index is 2.01. The van der Waals surface area contributed by atoms with Crippen LogP contribution in [0.3, 0.4) is 0 Å².